The first-order valence-electron chi connectivity index (χ1n) is 3.90. The molecule has 2 aromatic rings. The first kappa shape index (κ1) is 10.6. The Morgan fingerprint density at radius 2 is 1.15 bits per heavy atom. The molecular formula is C12H8Y-2. The van der Waals surface area contributed by atoms with Crippen LogP contribution in [-0.2, 0) is 32.7 Å². The molecule has 0 amide bonds. The Hall–Kier alpha value is -0.456. The van der Waals surface area contributed by atoms with E-state index in [1.807, 2.05) is 48.5 Å². The van der Waals surface area contributed by atoms with Crippen LogP contribution in [0.1, 0.15) is 0 Å². The minimum atomic E-state index is 0. The van der Waals surface area contributed by atoms with E-state index in [-0.39, 0.29) is 32.7 Å². The average molecular weight is 241 g/mol. The van der Waals surface area contributed by atoms with Crippen LogP contribution >= 0.6 is 0 Å². The molecule has 0 unspecified atom stereocenters. The topological polar surface area (TPSA) is 0 Å². The third kappa shape index (κ3) is 2.75. The van der Waals surface area contributed by atoms with Crippen LogP contribution in [0.2, 0.25) is 0 Å². The Balaban J connectivity index is 0.000000845. The minimum absolute atomic E-state index is 0. The molecule has 0 spiro atoms. The maximum absolute atomic E-state index is 3.15. The molecule has 0 saturated heterocycles. The second-order valence-corrected chi connectivity index (χ2v) is 2.55. The van der Waals surface area contributed by atoms with Crippen LogP contribution in [0, 0.1) is 12.1 Å². The van der Waals surface area contributed by atoms with Crippen molar-refractivity contribution in [3.05, 3.63) is 60.7 Å². The van der Waals surface area contributed by atoms with Crippen molar-refractivity contribution in [3.63, 3.8) is 0 Å². The summed E-state index contributed by atoms with van der Waals surface area (Å²) >= 11 is 0. The molecule has 0 saturated carbocycles. The summed E-state index contributed by atoms with van der Waals surface area (Å²) in [7, 11) is 0. The minimum Gasteiger partial charge on any atom is -0.226 e. The summed E-state index contributed by atoms with van der Waals surface area (Å²) in [4.78, 5) is 0. The molecule has 2 rings (SSSR count). The van der Waals surface area contributed by atoms with Crippen molar-refractivity contribution < 1.29 is 32.7 Å². The fourth-order valence-corrected chi connectivity index (χ4v) is 1.12. The second kappa shape index (κ2) is 5.31. The van der Waals surface area contributed by atoms with Gasteiger partial charge in [-0.15, -0.1) is 12.1 Å². The summed E-state index contributed by atoms with van der Waals surface area (Å²) < 4.78 is 0. The second-order valence-electron chi connectivity index (χ2n) is 2.55. The van der Waals surface area contributed by atoms with Crippen LogP contribution in [0.5, 0.6) is 0 Å². The van der Waals surface area contributed by atoms with E-state index in [9.17, 15) is 0 Å². The number of hydrogen-bond acceptors (Lipinski definition) is 0. The van der Waals surface area contributed by atoms with Gasteiger partial charge in [0.25, 0.3) is 0 Å². The van der Waals surface area contributed by atoms with E-state index in [0.717, 1.165) is 11.1 Å². The average Bonchev–Trinajstić information content (AvgIpc) is 2.21. The van der Waals surface area contributed by atoms with Gasteiger partial charge in [0, 0.05) is 32.7 Å². The number of hydrogen-bond donors (Lipinski definition) is 0. The van der Waals surface area contributed by atoms with E-state index in [1.165, 1.54) is 0 Å². The molecule has 0 aliphatic carbocycles. The molecule has 0 atom stereocenters. The van der Waals surface area contributed by atoms with E-state index in [2.05, 4.69) is 12.1 Å². The molecule has 13 heavy (non-hydrogen) atoms. The maximum Gasteiger partial charge on any atom is 0 e. The summed E-state index contributed by atoms with van der Waals surface area (Å²) in [6.45, 7) is 0. The van der Waals surface area contributed by atoms with Gasteiger partial charge in [-0.25, -0.2) is 11.1 Å². The van der Waals surface area contributed by atoms with Crippen molar-refractivity contribution in [2.45, 2.75) is 0 Å². The van der Waals surface area contributed by atoms with Crippen molar-refractivity contribution in [2.75, 3.05) is 0 Å². The summed E-state index contributed by atoms with van der Waals surface area (Å²) in [6.07, 6.45) is 0. The normalized spacial score (nSPS) is 8.92. The van der Waals surface area contributed by atoms with E-state index < -0.39 is 0 Å². The fourth-order valence-electron chi connectivity index (χ4n) is 1.12. The largest absolute Gasteiger partial charge is 0.226 e. The van der Waals surface area contributed by atoms with Crippen LogP contribution in [0.3, 0.4) is 0 Å². The van der Waals surface area contributed by atoms with Crippen molar-refractivity contribution in [1.82, 2.24) is 0 Å². The van der Waals surface area contributed by atoms with Gasteiger partial charge in [0.15, 0.2) is 0 Å². The van der Waals surface area contributed by atoms with Gasteiger partial charge in [-0.2, -0.15) is 48.5 Å². The molecule has 0 heterocycles. The Bertz CT molecular complexity index is 303. The summed E-state index contributed by atoms with van der Waals surface area (Å²) in [5.41, 5.74) is 2.19. The van der Waals surface area contributed by atoms with Gasteiger partial charge in [0.1, 0.15) is 0 Å². The Morgan fingerprint density at radius 3 is 1.46 bits per heavy atom. The molecule has 0 N–H and O–H groups in total. The Morgan fingerprint density at radius 1 is 0.692 bits per heavy atom. The van der Waals surface area contributed by atoms with Crippen LogP contribution in [0.15, 0.2) is 48.5 Å². The third-order valence-electron chi connectivity index (χ3n) is 1.71. The van der Waals surface area contributed by atoms with Gasteiger partial charge < -0.3 is 0 Å². The zero-order valence-corrected chi connectivity index (χ0v) is 10.0. The van der Waals surface area contributed by atoms with Gasteiger partial charge in [-0.3, -0.25) is 0 Å². The molecule has 0 aliphatic rings. The van der Waals surface area contributed by atoms with Gasteiger partial charge in [0.05, 0.1) is 0 Å². The molecule has 61 valence electrons. The molecule has 0 nitrogen and oxygen atoms in total. The standard InChI is InChI=1S/C12H8.Y/c1-3-7-11(8-4-1)12-9-5-2-6-10-12;/h1-7,9H;/q-2;. The smallest absolute Gasteiger partial charge is 0 e. The predicted molar refractivity (Wildman–Crippen MR) is 49.6 cm³/mol. The van der Waals surface area contributed by atoms with Crippen LogP contribution in [0.4, 0.5) is 0 Å². The van der Waals surface area contributed by atoms with E-state index in [0.29, 0.717) is 0 Å². The molecule has 2 aromatic carbocycles. The summed E-state index contributed by atoms with van der Waals surface area (Å²) in [6, 6.07) is 22.1. The molecule has 1 radical (unpaired) electrons. The molecule has 0 aromatic heterocycles. The third-order valence-corrected chi connectivity index (χ3v) is 1.71. The number of benzene rings is 2. The monoisotopic (exact) mass is 241 g/mol. The van der Waals surface area contributed by atoms with E-state index >= 15 is 0 Å². The van der Waals surface area contributed by atoms with Crippen LogP contribution in [-0.4, -0.2) is 0 Å². The predicted octanol–water partition coefficient (Wildman–Crippen LogP) is 2.95. The van der Waals surface area contributed by atoms with E-state index in [1.54, 1.807) is 0 Å². The quantitative estimate of drug-likeness (QED) is 0.673. The maximum atomic E-state index is 3.15. The fraction of sp³-hybridized carbons (Fsp3) is 0. The zero-order valence-electron chi connectivity index (χ0n) is 7.20. The van der Waals surface area contributed by atoms with Crippen molar-refractivity contribution >= 4 is 0 Å². The first-order chi connectivity index (χ1) is 5.97. The van der Waals surface area contributed by atoms with E-state index in [4.69, 9.17) is 0 Å². The van der Waals surface area contributed by atoms with Gasteiger partial charge >= 0.3 is 0 Å². The SMILES string of the molecule is [Y].[c-]1ccccc1-c1[c-]cccc1. The first-order valence-corrected chi connectivity index (χ1v) is 3.90. The Kier molecular flexibility index (Phi) is 4.34. The molecule has 1 heteroatoms. The molecule has 0 fully saturated rings. The van der Waals surface area contributed by atoms with Crippen molar-refractivity contribution in [3.8, 4) is 11.1 Å². The summed E-state index contributed by atoms with van der Waals surface area (Å²) in [5.74, 6) is 0. The summed E-state index contributed by atoms with van der Waals surface area (Å²) in [5, 5.41) is 0. The van der Waals surface area contributed by atoms with Gasteiger partial charge in [0.2, 0.25) is 0 Å². The van der Waals surface area contributed by atoms with Gasteiger partial charge in [-0.1, -0.05) is 0 Å². The van der Waals surface area contributed by atoms with Crippen LogP contribution < -0.4 is 0 Å². The van der Waals surface area contributed by atoms with Gasteiger partial charge in [-0.05, 0) is 0 Å². The zero-order chi connectivity index (χ0) is 8.23. The Labute approximate surface area is 104 Å². The van der Waals surface area contributed by atoms with Crippen LogP contribution in [0.25, 0.3) is 11.1 Å². The molecular weight excluding hydrogens is 233 g/mol. The number of rotatable bonds is 1. The molecule has 0 bridgehead atoms. The van der Waals surface area contributed by atoms with Crippen molar-refractivity contribution in [2.24, 2.45) is 0 Å². The molecule has 0 aliphatic heterocycles. The van der Waals surface area contributed by atoms with Crippen molar-refractivity contribution in [1.29, 1.82) is 0 Å².